The number of aromatic nitrogens is 1. The summed E-state index contributed by atoms with van der Waals surface area (Å²) in [4.78, 5) is 17.0. The van der Waals surface area contributed by atoms with Gasteiger partial charge in [0.15, 0.2) is 0 Å². The Kier molecular flexibility index (Phi) is 4.77. The monoisotopic (exact) mass is 368 g/mol. The lowest BCUT2D eigenvalue weighted by Gasteiger charge is -2.12. The number of hydrogen-bond acceptors (Lipinski definition) is 4. The van der Waals surface area contributed by atoms with Crippen molar-refractivity contribution >= 4 is 22.9 Å². The highest BCUT2D eigenvalue weighted by molar-refractivity contribution is 7.13. The van der Waals surface area contributed by atoms with Gasteiger partial charge in [0.2, 0.25) is 5.91 Å². The molecule has 3 aromatic rings. The van der Waals surface area contributed by atoms with Gasteiger partial charge in [-0.15, -0.1) is 11.3 Å². The topological polar surface area (TPSA) is 51.2 Å². The van der Waals surface area contributed by atoms with Gasteiger partial charge in [0.25, 0.3) is 0 Å². The van der Waals surface area contributed by atoms with E-state index in [1.165, 1.54) is 17.4 Å². The zero-order valence-electron chi connectivity index (χ0n) is 13.9. The number of thiazole rings is 1. The maximum atomic E-state index is 14.0. The number of para-hydroxylation sites is 1. The van der Waals surface area contributed by atoms with E-state index in [-0.39, 0.29) is 17.6 Å². The molecule has 1 aliphatic rings. The average molecular weight is 368 g/mol. The van der Waals surface area contributed by atoms with Gasteiger partial charge >= 0.3 is 0 Å². The van der Waals surface area contributed by atoms with Gasteiger partial charge in [0.05, 0.1) is 23.9 Å². The van der Waals surface area contributed by atoms with E-state index in [0.29, 0.717) is 35.2 Å². The van der Waals surface area contributed by atoms with Crippen molar-refractivity contribution in [1.29, 1.82) is 0 Å². The lowest BCUT2D eigenvalue weighted by atomic mass is 10.1. The molecule has 132 valence electrons. The minimum atomic E-state index is -0.295. The molecule has 0 spiro atoms. The van der Waals surface area contributed by atoms with Crippen LogP contribution in [0.1, 0.15) is 6.42 Å². The normalized spacial score (nSPS) is 16.6. The first-order valence-electron chi connectivity index (χ1n) is 8.41. The Balaban J connectivity index is 1.62. The zero-order chi connectivity index (χ0) is 17.9. The number of amides is 1. The van der Waals surface area contributed by atoms with Gasteiger partial charge in [0, 0.05) is 23.1 Å². The number of anilines is 1. The Labute approximate surface area is 154 Å². The summed E-state index contributed by atoms with van der Waals surface area (Å²) in [6.45, 7) is 1.08. The maximum Gasteiger partial charge on any atom is 0.229 e. The number of nitrogens with one attached hydrogen (secondary N) is 1. The van der Waals surface area contributed by atoms with Gasteiger partial charge in [0.1, 0.15) is 10.8 Å². The highest BCUT2D eigenvalue weighted by atomic mass is 32.1. The summed E-state index contributed by atoms with van der Waals surface area (Å²) in [6.07, 6.45) is 0.738. The average Bonchev–Trinajstić information content (AvgIpc) is 3.35. The standard InChI is InChI=1S/C20H17FN2O2S/c21-16-7-3-1-5-14(16)20-23-18(12-26-20)15-6-2-4-8-17(15)22-19(24)13-9-10-25-11-13/h1-8,12-13H,9-11H2,(H,22,24). The number of rotatable bonds is 4. The zero-order valence-corrected chi connectivity index (χ0v) is 14.8. The summed E-state index contributed by atoms with van der Waals surface area (Å²) < 4.78 is 19.3. The van der Waals surface area contributed by atoms with Crippen molar-refractivity contribution in [2.45, 2.75) is 6.42 Å². The number of halogens is 1. The predicted octanol–water partition coefficient (Wildman–Crippen LogP) is 4.59. The Morgan fingerprint density at radius 3 is 2.69 bits per heavy atom. The summed E-state index contributed by atoms with van der Waals surface area (Å²) in [5, 5.41) is 5.48. The fourth-order valence-corrected chi connectivity index (χ4v) is 3.79. The molecule has 26 heavy (non-hydrogen) atoms. The third-order valence-corrected chi connectivity index (χ3v) is 5.25. The summed E-state index contributed by atoms with van der Waals surface area (Å²) in [6, 6.07) is 14.1. The van der Waals surface area contributed by atoms with E-state index >= 15 is 0 Å². The van der Waals surface area contributed by atoms with E-state index in [4.69, 9.17) is 4.74 Å². The first kappa shape index (κ1) is 16.9. The summed E-state index contributed by atoms with van der Waals surface area (Å²) >= 11 is 1.38. The Hall–Kier alpha value is -2.57. The van der Waals surface area contributed by atoms with Crippen LogP contribution < -0.4 is 5.32 Å². The van der Waals surface area contributed by atoms with E-state index in [1.54, 1.807) is 18.2 Å². The van der Waals surface area contributed by atoms with Crippen LogP contribution in [0.3, 0.4) is 0 Å². The summed E-state index contributed by atoms with van der Waals surface area (Å²) in [5.41, 5.74) is 2.72. The van der Waals surface area contributed by atoms with Gasteiger partial charge in [-0.05, 0) is 24.6 Å². The SMILES string of the molecule is O=C(Nc1ccccc1-c1csc(-c2ccccc2F)n1)C1CCOC1. The molecular weight excluding hydrogens is 351 g/mol. The van der Waals surface area contributed by atoms with Crippen molar-refractivity contribution in [2.75, 3.05) is 18.5 Å². The van der Waals surface area contributed by atoms with Crippen LogP contribution in [0.5, 0.6) is 0 Å². The lowest BCUT2D eigenvalue weighted by Crippen LogP contribution is -2.23. The van der Waals surface area contributed by atoms with Crippen molar-refractivity contribution < 1.29 is 13.9 Å². The van der Waals surface area contributed by atoms with Crippen LogP contribution in [-0.4, -0.2) is 24.1 Å². The van der Waals surface area contributed by atoms with Crippen molar-refractivity contribution in [1.82, 2.24) is 4.98 Å². The number of nitrogens with zero attached hydrogens (tertiary/aromatic N) is 1. The van der Waals surface area contributed by atoms with E-state index in [1.807, 2.05) is 29.6 Å². The second kappa shape index (κ2) is 7.35. The Bertz CT molecular complexity index is 935. The molecule has 0 aliphatic carbocycles. The van der Waals surface area contributed by atoms with Crippen LogP contribution >= 0.6 is 11.3 Å². The molecule has 2 heterocycles. The van der Waals surface area contributed by atoms with Crippen molar-refractivity contribution in [3.8, 4) is 21.8 Å². The summed E-state index contributed by atoms with van der Waals surface area (Å²) in [7, 11) is 0. The number of ether oxygens (including phenoxy) is 1. The molecule has 2 aromatic carbocycles. The molecular formula is C20H17FN2O2S. The molecule has 1 atom stereocenters. The molecule has 1 saturated heterocycles. The molecule has 1 aliphatic heterocycles. The minimum absolute atomic E-state index is 0.0421. The number of benzene rings is 2. The van der Waals surface area contributed by atoms with Crippen LogP contribution in [0, 0.1) is 11.7 Å². The fraction of sp³-hybridized carbons (Fsp3) is 0.200. The molecule has 0 radical (unpaired) electrons. The summed E-state index contributed by atoms with van der Waals surface area (Å²) in [5.74, 6) is -0.455. The molecule has 0 saturated carbocycles. The lowest BCUT2D eigenvalue weighted by molar-refractivity contribution is -0.119. The third kappa shape index (κ3) is 3.38. The Morgan fingerprint density at radius 2 is 1.92 bits per heavy atom. The second-order valence-electron chi connectivity index (χ2n) is 6.11. The van der Waals surface area contributed by atoms with Crippen LogP contribution in [0.4, 0.5) is 10.1 Å². The first-order chi connectivity index (χ1) is 12.7. The fourth-order valence-electron chi connectivity index (χ4n) is 2.95. The quantitative estimate of drug-likeness (QED) is 0.733. The van der Waals surface area contributed by atoms with E-state index in [2.05, 4.69) is 10.3 Å². The van der Waals surface area contributed by atoms with Crippen LogP contribution in [0.15, 0.2) is 53.9 Å². The van der Waals surface area contributed by atoms with Crippen molar-refractivity contribution in [2.24, 2.45) is 5.92 Å². The molecule has 1 fully saturated rings. The maximum absolute atomic E-state index is 14.0. The van der Waals surface area contributed by atoms with E-state index < -0.39 is 0 Å². The van der Waals surface area contributed by atoms with Gasteiger partial charge in [-0.25, -0.2) is 9.37 Å². The number of carbonyl (C=O) groups excluding carboxylic acids is 1. The first-order valence-corrected chi connectivity index (χ1v) is 9.29. The molecule has 4 rings (SSSR count). The van der Waals surface area contributed by atoms with Gasteiger partial charge in [-0.2, -0.15) is 0 Å². The predicted molar refractivity (Wildman–Crippen MR) is 100 cm³/mol. The van der Waals surface area contributed by atoms with Gasteiger partial charge < -0.3 is 10.1 Å². The molecule has 1 amide bonds. The largest absolute Gasteiger partial charge is 0.381 e. The second-order valence-corrected chi connectivity index (χ2v) is 6.97. The minimum Gasteiger partial charge on any atom is -0.381 e. The van der Waals surface area contributed by atoms with Crippen LogP contribution in [-0.2, 0) is 9.53 Å². The van der Waals surface area contributed by atoms with Crippen molar-refractivity contribution in [3.63, 3.8) is 0 Å². The van der Waals surface area contributed by atoms with Crippen LogP contribution in [0.2, 0.25) is 0 Å². The highest BCUT2D eigenvalue weighted by Crippen LogP contribution is 2.34. The molecule has 1 aromatic heterocycles. The van der Waals surface area contributed by atoms with Crippen LogP contribution in [0.25, 0.3) is 21.8 Å². The smallest absolute Gasteiger partial charge is 0.229 e. The highest BCUT2D eigenvalue weighted by Gasteiger charge is 2.24. The Morgan fingerprint density at radius 1 is 1.15 bits per heavy atom. The molecule has 0 bridgehead atoms. The molecule has 6 heteroatoms. The van der Waals surface area contributed by atoms with Gasteiger partial charge in [-0.1, -0.05) is 30.3 Å². The van der Waals surface area contributed by atoms with E-state index in [0.717, 1.165) is 12.0 Å². The molecule has 4 nitrogen and oxygen atoms in total. The molecule has 1 unspecified atom stereocenters. The number of hydrogen-bond donors (Lipinski definition) is 1. The molecule has 1 N–H and O–H groups in total. The number of carbonyl (C=O) groups is 1. The third-order valence-electron chi connectivity index (χ3n) is 4.37. The van der Waals surface area contributed by atoms with Gasteiger partial charge in [-0.3, -0.25) is 4.79 Å². The van der Waals surface area contributed by atoms with E-state index in [9.17, 15) is 9.18 Å². The van der Waals surface area contributed by atoms with Crippen molar-refractivity contribution in [3.05, 3.63) is 59.7 Å².